The van der Waals surface area contributed by atoms with Crippen LogP contribution in [0.3, 0.4) is 0 Å². The summed E-state index contributed by atoms with van der Waals surface area (Å²) in [6.07, 6.45) is 0.561. The number of hydrogen-bond donors (Lipinski definition) is 0. The van der Waals surface area contributed by atoms with Gasteiger partial charge in [0.2, 0.25) is 5.82 Å². The standard InChI is InChI=1S/C29H24ClN3O6/c1-4-37-24-14-18(13-21(30)26(24)38-17(2)29(35)36-3)16-31-33-27(25-15-19-9-5-8-12-23(19)39-25)32-22-11-7-6-10-20(22)28(33)34/h5-17H,4H2,1-3H3/t17-/m0/s1. The van der Waals surface area contributed by atoms with Gasteiger partial charge in [-0.3, -0.25) is 4.79 Å². The average molecular weight is 546 g/mol. The fraction of sp³-hybridized carbons (Fsp3) is 0.172. The summed E-state index contributed by atoms with van der Waals surface area (Å²) in [5.74, 6) is 0.587. The number of methoxy groups -OCH3 is 1. The number of fused-ring (bicyclic) bond motifs is 2. The van der Waals surface area contributed by atoms with Crippen molar-refractivity contribution in [3.05, 3.63) is 87.7 Å². The summed E-state index contributed by atoms with van der Waals surface area (Å²) in [7, 11) is 1.27. The molecule has 0 spiro atoms. The lowest BCUT2D eigenvalue weighted by molar-refractivity contribution is -0.147. The maximum atomic E-state index is 13.5. The minimum Gasteiger partial charge on any atom is -0.490 e. The smallest absolute Gasteiger partial charge is 0.346 e. The van der Waals surface area contributed by atoms with E-state index in [1.165, 1.54) is 18.0 Å². The molecule has 0 saturated heterocycles. The lowest BCUT2D eigenvalue weighted by Gasteiger charge is -2.17. The Bertz CT molecular complexity index is 1740. The second kappa shape index (κ2) is 11.0. The fourth-order valence-electron chi connectivity index (χ4n) is 4.04. The minimum atomic E-state index is -0.903. The summed E-state index contributed by atoms with van der Waals surface area (Å²) in [5.41, 5.74) is 1.34. The first-order valence-corrected chi connectivity index (χ1v) is 12.5. The molecule has 0 radical (unpaired) electrons. The Morgan fingerprint density at radius 1 is 1.15 bits per heavy atom. The molecule has 1 atom stereocenters. The Kier molecular flexibility index (Phi) is 7.33. The van der Waals surface area contributed by atoms with E-state index in [1.807, 2.05) is 43.3 Å². The molecule has 198 valence electrons. The minimum absolute atomic E-state index is 0.194. The topological polar surface area (TPSA) is 105 Å². The lowest BCUT2D eigenvalue weighted by atomic mass is 10.2. The van der Waals surface area contributed by atoms with Gasteiger partial charge < -0.3 is 18.6 Å². The highest BCUT2D eigenvalue weighted by atomic mass is 35.5. The first-order valence-electron chi connectivity index (χ1n) is 12.2. The quantitative estimate of drug-likeness (QED) is 0.182. The van der Waals surface area contributed by atoms with E-state index in [-0.39, 0.29) is 22.2 Å². The lowest BCUT2D eigenvalue weighted by Crippen LogP contribution is -2.25. The molecule has 0 amide bonds. The van der Waals surface area contributed by atoms with Crippen molar-refractivity contribution < 1.29 is 23.4 Å². The van der Waals surface area contributed by atoms with Crippen LogP contribution >= 0.6 is 11.6 Å². The van der Waals surface area contributed by atoms with Crippen LogP contribution in [-0.4, -0.2) is 41.7 Å². The van der Waals surface area contributed by atoms with Crippen LogP contribution in [0, 0.1) is 0 Å². The van der Waals surface area contributed by atoms with E-state index in [9.17, 15) is 9.59 Å². The molecule has 5 rings (SSSR count). The van der Waals surface area contributed by atoms with Crippen molar-refractivity contribution in [1.82, 2.24) is 9.66 Å². The first kappa shape index (κ1) is 26.0. The van der Waals surface area contributed by atoms with Gasteiger partial charge in [-0.15, -0.1) is 0 Å². The van der Waals surface area contributed by atoms with E-state index in [0.29, 0.717) is 40.2 Å². The highest BCUT2D eigenvalue weighted by Crippen LogP contribution is 2.37. The van der Waals surface area contributed by atoms with Gasteiger partial charge in [0.05, 0.1) is 35.9 Å². The molecule has 0 N–H and O–H groups in total. The number of ether oxygens (including phenoxy) is 3. The summed E-state index contributed by atoms with van der Waals surface area (Å²) in [4.78, 5) is 30.1. The Morgan fingerprint density at radius 2 is 1.92 bits per heavy atom. The molecule has 2 heterocycles. The molecule has 0 saturated carbocycles. The van der Waals surface area contributed by atoms with E-state index >= 15 is 0 Å². The number of nitrogens with zero attached hydrogens (tertiary/aromatic N) is 3. The molecule has 0 fully saturated rings. The van der Waals surface area contributed by atoms with Crippen molar-refractivity contribution in [3.63, 3.8) is 0 Å². The van der Waals surface area contributed by atoms with E-state index in [2.05, 4.69) is 5.10 Å². The molecule has 9 nitrogen and oxygen atoms in total. The van der Waals surface area contributed by atoms with Crippen LogP contribution in [0.5, 0.6) is 11.5 Å². The van der Waals surface area contributed by atoms with Crippen LogP contribution < -0.4 is 15.0 Å². The third-order valence-corrected chi connectivity index (χ3v) is 6.16. The number of hydrogen-bond acceptors (Lipinski definition) is 8. The van der Waals surface area contributed by atoms with Gasteiger partial charge in [-0.1, -0.05) is 41.9 Å². The molecular weight excluding hydrogens is 522 g/mol. The molecule has 2 aromatic heterocycles. The van der Waals surface area contributed by atoms with Crippen molar-refractivity contribution in [3.8, 4) is 23.1 Å². The zero-order valence-electron chi connectivity index (χ0n) is 21.4. The number of esters is 1. The van der Waals surface area contributed by atoms with Gasteiger partial charge in [0.1, 0.15) is 5.58 Å². The summed E-state index contributed by atoms with van der Waals surface area (Å²) in [5, 5.41) is 5.95. The van der Waals surface area contributed by atoms with E-state index < -0.39 is 12.1 Å². The van der Waals surface area contributed by atoms with E-state index in [1.54, 1.807) is 37.3 Å². The maximum absolute atomic E-state index is 13.5. The van der Waals surface area contributed by atoms with E-state index in [4.69, 9.17) is 35.2 Å². The maximum Gasteiger partial charge on any atom is 0.346 e. The largest absolute Gasteiger partial charge is 0.490 e. The Labute approximate surface area is 228 Å². The highest BCUT2D eigenvalue weighted by molar-refractivity contribution is 6.32. The summed E-state index contributed by atoms with van der Waals surface area (Å²) in [6, 6.07) is 19.6. The fourth-order valence-corrected chi connectivity index (χ4v) is 4.30. The number of para-hydroxylation sites is 2. The molecular formula is C29H24ClN3O6. The first-order chi connectivity index (χ1) is 18.9. The number of furan rings is 1. The van der Waals surface area contributed by atoms with Crippen molar-refractivity contribution in [2.24, 2.45) is 5.10 Å². The molecule has 39 heavy (non-hydrogen) atoms. The zero-order valence-corrected chi connectivity index (χ0v) is 22.1. The Morgan fingerprint density at radius 3 is 2.69 bits per heavy atom. The van der Waals surface area contributed by atoms with Crippen LogP contribution in [0.1, 0.15) is 19.4 Å². The van der Waals surface area contributed by atoms with Crippen LogP contribution in [0.25, 0.3) is 33.5 Å². The SMILES string of the molecule is CCOc1cc(C=Nn2c(-c3cc4ccccc4o3)nc3ccccc3c2=O)cc(Cl)c1O[C@@H](C)C(=O)OC. The zero-order chi connectivity index (χ0) is 27.5. The average Bonchev–Trinajstić information content (AvgIpc) is 3.38. The molecule has 0 aliphatic heterocycles. The molecule has 10 heteroatoms. The predicted molar refractivity (Wildman–Crippen MR) is 149 cm³/mol. The van der Waals surface area contributed by atoms with Gasteiger partial charge in [0, 0.05) is 5.39 Å². The van der Waals surface area contributed by atoms with E-state index in [0.717, 1.165) is 5.39 Å². The Balaban J connectivity index is 1.61. The summed E-state index contributed by atoms with van der Waals surface area (Å²) < 4.78 is 23.4. The monoisotopic (exact) mass is 545 g/mol. The predicted octanol–water partition coefficient (Wildman–Crippen LogP) is 5.68. The van der Waals surface area contributed by atoms with Gasteiger partial charge in [-0.25, -0.2) is 9.78 Å². The van der Waals surface area contributed by atoms with Crippen LogP contribution in [0.15, 0.2) is 81.0 Å². The van der Waals surface area contributed by atoms with Gasteiger partial charge in [-0.05, 0) is 55.8 Å². The van der Waals surface area contributed by atoms with Gasteiger partial charge in [-0.2, -0.15) is 9.78 Å². The normalized spacial score (nSPS) is 12.2. The number of carbonyl (C=O) groups excluding carboxylic acids is 1. The number of carbonyl (C=O) groups is 1. The van der Waals surface area contributed by atoms with Crippen LogP contribution in [0.2, 0.25) is 5.02 Å². The molecule has 0 unspecified atom stereocenters. The molecule has 0 aliphatic carbocycles. The van der Waals surface area contributed by atoms with Gasteiger partial charge in [0.15, 0.2) is 23.4 Å². The third-order valence-electron chi connectivity index (χ3n) is 5.88. The summed E-state index contributed by atoms with van der Waals surface area (Å²) >= 11 is 6.51. The Hall–Kier alpha value is -4.63. The number of halogens is 1. The van der Waals surface area contributed by atoms with Crippen LogP contribution in [-0.2, 0) is 9.53 Å². The molecule has 0 bridgehead atoms. The highest BCUT2D eigenvalue weighted by Gasteiger charge is 2.21. The second-order valence-electron chi connectivity index (χ2n) is 8.51. The van der Waals surface area contributed by atoms with Crippen molar-refractivity contribution in [2.75, 3.05) is 13.7 Å². The van der Waals surface area contributed by atoms with Crippen molar-refractivity contribution >= 4 is 45.7 Å². The van der Waals surface area contributed by atoms with Crippen molar-refractivity contribution in [2.45, 2.75) is 20.0 Å². The molecule has 5 aromatic rings. The van der Waals surface area contributed by atoms with Crippen molar-refractivity contribution in [1.29, 1.82) is 0 Å². The van der Waals surface area contributed by atoms with Crippen LogP contribution in [0.4, 0.5) is 0 Å². The van der Waals surface area contributed by atoms with Gasteiger partial charge >= 0.3 is 5.97 Å². The molecule has 3 aromatic carbocycles. The number of aromatic nitrogens is 2. The number of benzene rings is 3. The number of rotatable bonds is 8. The molecule has 0 aliphatic rings. The van der Waals surface area contributed by atoms with Gasteiger partial charge in [0.25, 0.3) is 5.56 Å². The summed E-state index contributed by atoms with van der Waals surface area (Å²) in [6.45, 7) is 3.68. The third kappa shape index (κ3) is 5.21. The second-order valence-corrected chi connectivity index (χ2v) is 8.92.